The fraction of sp³-hybridized carbons (Fsp3) is 0.120. The third-order valence-corrected chi connectivity index (χ3v) is 6.19. The van der Waals surface area contributed by atoms with Gasteiger partial charge in [0.1, 0.15) is 0 Å². The van der Waals surface area contributed by atoms with Crippen molar-refractivity contribution >= 4 is 27.6 Å². The Balaban J connectivity index is 1.64. The van der Waals surface area contributed by atoms with E-state index in [9.17, 15) is 0 Å². The smallest absolute Gasteiger partial charge is 0.0397 e. The van der Waals surface area contributed by atoms with Crippen LogP contribution in [0, 0.1) is 0 Å². The van der Waals surface area contributed by atoms with Gasteiger partial charge in [-0.05, 0) is 74.8 Å². The molecule has 1 atom stereocenters. The van der Waals surface area contributed by atoms with E-state index < -0.39 is 0 Å². The number of hydrogen-bond acceptors (Lipinski definition) is 0. The van der Waals surface area contributed by atoms with Crippen LogP contribution in [0.3, 0.4) is 0 Å². The van der Waals surface area contributed by atoms with E-state index in [1.807, 2.05) is 0 Å². The summed E-state index contributed by atoms with van der Waals surface area (Å²) in [5.41, 5.74) is 5.97. The Kier molecular flexibility index (Phi) is 2.48. The van der Waals surface area contributed by atoms with Gasteiger partial charge in [-0.25, -0.2) is 0 Å². The number of benzene rings is 4. The zero-order valence-electron chi connectivity index (χ0n) is 14.0. The Labute approximate surface area is 147 Å². The highest BCUT2D eigenvalue weighted by Crippen LogP contribution is 2.51. The van der Waals surface area contributed by atoms with Crippen LogP contribution in [0.4, 0.5) is 0 Å². The van der Waals surface area contributed by atoms with Gasteiger partial charge in [-0.3, -0.25) is 0 Å². The summed E-state index contributed by atoms with van der Waals surface area (Å²) >= 11 is 0. The lowest BCUT2D eigenvalue weighted by Crippen LogP contribution is -2.19. The number of allylic oxidation sites excluding steroid dienone is 1. The monoisotopic (exact) mass is 318 g/mol. The topological polar surface area (TPSA) is 0 Å². The summed E-state index contributed by atoms with van der Waals surface area (Å²) in [6, 6.07) is 27.1. The van der Waals surface area contributed by atoms with Crippen molar-refractivity contribution in [2.45, 2.75) is 18.3 Å². The molecule has 0 radical (unpaired) electrons. The first-order chi connectivity index (χ1) is 12.3. The Morgan fingerprint density at radius 1 is 0.640 bits per heavy atom. The number of aryl methyl sites for hydroxylation is 1. The van der Waals surface area contributed by atoms with Crippen LogP contribution in [0.25, 0.3) is 27.6 Å². The molecule has 0 nitrogen and oxygen atoms in total. The van der Waals surface area contributed by atoms with Crippen LogP contribution < -0.4 is 0 Å². The zero-order valence-corrected chi connectivity index (χ0v) is 14.0. The average molecular weight is 318 g/mol. The van der Waals surface area contributed by atoms with Crippen molar-refractivity contribution in [3.63, 3.8) is 0 Å². The van der Waals surface area contributed by atoms with Gasteiger partial charge in [-0.15, -0.1) is 0 Å². The zero-order chi connectivity index (χ0) is 16.4. The predicted octanol–water partition coefficient (Wildman–Crippen LogP) is 6.25. The van der Waals surface area contributed by atoms with Gasteiger partial charge in [0.25, 0.3) is 0 Å². The number of hydrogen-bond donors (Lipinski definition) is 0. The maximum absolute atomic E-state index is 2.46. The lowest BCUT2D eigenvalue weighted by molar-refractivity contribution is 0.646. The first-order valence-electron chi connectivity index (χ1n) is 9.08. The third-order valence-electron chi connectivity index (χ3n) is 6.19. The summed E-state index contributed by atoms with van der Waals surface area (Å²) in [5, 5.41) is 5.39. The summed E-state index contributed by atoms with van der Waals surface area (Å²) in [7, 11) is 0. The van der Waals surface area contributed by atoms with Crippen molar-refractivity contribution in [1.29, 1.82) is 0 Å². The van der Waals surface area contributed by atoms with Crippen molar-refractivity contribution in [3.05, 3.63) is 101 Å². The molecule has 1 spiro atoms. The van der Waals surface area contributed by atoms with Gasteiger partial charge in [0.2, 0.25) is 0 Å². The van der Waals surface area contributed by atoms with Crippen LogP contribution in [-0.2, 0) is 11.8 Å². The highest BCUT2D eigenvalue weighted by Gasteiger charge is 2.42. The lowest BCUT2D eigenvalue weighted by Gasteiger charge is -2.26. The van der Waals surface area contributed by atoms with E-state index in [0.717, 1.165) is 6.42 Å². The molecule has 0 amide bonds. The van der Waals surface area contributed by atoms with E-state index in [-0.39, 0.29) is 5.41 Å². The normalized spacial score (nSPS) is 20.5. The molecule has 2 aliphatic rings. The summed E-state index contributed by atoms with van der Waals surface area (Å²) in [6.45, 7) is 0. The maximum Gasteiger partial charge on any atom is 0.0397 e. The van der Waals surface area contributed by atoms with Crippen LogP contribution >= 0.6 is 0 Å². The Morgan fingerprint density at radius 3 is 1.96 bits per heavy atom. The summed E-state index contributed by atoms with van der Waals surface area (Å²) < 4.78 is 0. The molecular weight excluding hydrogens is 300 g/mol. The first-order valence-corrected chi connectivity index (χ1v) is 9.08. The van der Waals surface area contributed by atoms with Crippen LogP contribution in [0.2, 0.25) is 0 Å². The van der Waals surface area contributed by atoms with E-state index in [1.54, 1.807) is 0 Å². The Bertz CT molecular complexity index is 1200. The van der Waals surface area contributed by atoms with Gasteiger partial charge in [-0.1, -0.05) is 66.7 Å². The Hall–Kier alpha value is -2.86. The van der Waals surface area contributed by atoms with Gasteiger partial charge in [-0.2, -0.15) is 0 Å². The second kappa shape index (κ2) is 4.61. The van der Waals surface area contributed by atoms with Crippen molar-refractivity contribution in [2.24, 2.45) is 0 Å². The fourth-order valence-corrected chi connectivity index (χ4v) is 4.93. The molecule has 0 saturated carbocycles. The van der Waals surface area contributed by atoms with Gasteiger partial charge >= 0.3 is 0 Å². The van der Waals surface area contributed by atoms with Crippen molar-refractivity contribution < 1.29 is 0 Å². The third kappa shape index (κ3) is 1.72. The summed E-state index contributed by atoms with van der Waals surface area (Å²) in [4.78, 5) is 0. The predicted molar refractivity (Wildman–Crippen MR) is 106 cm³/mol. The number of fused-ring (bicyclic) bond motifs is 6. The maximum atomic E-state index is 2.46. The molecule has 0 saturated heterocycles. The molecule has 0 aromatic heterocycles. The van der Waals surface area contributed by atoms with Crippen molar-refractivity contribution in [2.75, 3.05) is 0 Å². The fourth-order valence-electron chi connectivity index (χ4n) is 4.93. The van der Waals surface area contributed by atoms with E-state index in [1.165, 1.54) is 50.2 Å². The quantitative estimate of drug-likeness (QED) is 0.359. The van der Waals surface area contributed by atoms with Gasteiger partial charge < -0.3 is 0 Å². The molecule has 0 fully saturated rings. The molecule has 118 valence electrons. The molecule has 4 aromatic rings. The summed E-state index contributed by atoms with van der Waals surface area (Å²) in [6.07, 6.45) is 7.14. The highest BCUT2D eigenvalue weighted by molar-refractivity contribution is 5.90. The van der Waals surface area contributed by atoms with Gasteiger partial charge in [0, 0.05) is 5.41 Å². The largest absolute Gasteiger partial charge is 0.0690 e. The van der Waals surface area contributed by atoms with Gasteiger partial charge in [0.05, 0.1) is 0 Å². The molecule has 4 aromatic carbocycles. The standard InChI is InChI=1S/C25H18/c1-3-7-19-15-23-21(13-17(19)5-1)9-11-25(23)12-10-22-14-18-6-2-4-8-20(18)16-24(22)25/h1-9,11,13-16H,10,12H2. The SMILES string of the molecule is C1=CC2(CCc3cc4ccccc4cc32)c2cc3ccccc3cc21. The van der Waals surface area contributed by atoms with E-state index in [2.05, 4.69) is 84.9 Å². The molecule has 0 heteroatoms. The molecule has 0 N–H and O–H groups in total. The van der Waals surface area contributed by atoms with E-state index in [0.29, 0.717) is 0 Å². The average Bonchev–Trinajstić information content (AvgIpc) is 3.20. The van der Waals surface area contributed by atoms with Crippen LogP contribution in [-0.4, -0.2) is 0 Å². The van der Waals surface area contributed by atoms with E-state index in [4.69, 9.17) is 0 Å². The Morgan fingerprint density at radius 2 is 1.24 bits per heavy atom. The van der Waals surface area contributed by atoms with Crippen LogP contribution in [0.15, 0.2) is 78.9 Å². The van der Waals surface area contributed by atoms with Crippen molar-refractivity contribution in [3.8, 4) is 0 Å². The summed E-state index contributed by atoms with van der Waals surface area (Å²) in [5.74, 6) is 0. The molecule has 1 unspecified atom stereocenters. The number of rotatable bonds is 0. The second-order valence-corrected chi connectivity index (χ2v) is 7.45. The molecule has 25 heavy (non-hydrogen) atoms. The second-order valence-electron chi connectivity index (χ2n) is 7.45. The van der Waals surface area contributed by atoms with Gasteiger partial charge in [0.15, 0.2) is 0 Å². The first kappa shape index (κ1) is 13.4. The minimum absolute atomic E-state index is 0.0682. The van der Waals surface area contributed by atoms with E-state index >= 15 is 0 Å². The molecule has 0 aliphatic heterocycles. The van der Waals surface area contributed by atoms with Crippen LogP contribution in [0.1, 0.15) is 28.7 Å². The minimum atomic E-state index is 0.0682. The van der Waals surface area contributed by atoms with Crippen LogP contribution in [0.5, 0.6) is 0 Å². The lowest BCUT2D eigenvalue weighted by atomic mass is 9.76. The molecule has 6 rings (SSSR count). The highest BCUT2D eigenvalue weighted by atomic mass is 14.4. The minimum Gasteiger partial charge on any atom is -0.0690 e. The molecular formula is C25H18. The molecule has 0 heterocycles. The van der Waals surface area contributed by atoms with Crippen molar-refractivity contribution in [1.82, 2.24) is 0 Å². The molecule has 0 bridgehead atoms. The molecule has 2 aliphatic carbocycles.